The van der Waals surface area contributed by atoms with Crippen LogP contribution in [0.4, 0.5) is 0 Å². The van der Waals surface area contributed by atoms with Crippen molar-refractivity contribution in [1.82, 2.24) is 0 Å². The first kappa shape index (κ1) is 16.2. The smallest absolute Gasteiger partial charge is 0.367 e. The summed E-state index contributed by atoms with van der Waals surface area (Å²) < 4.78 is 22.1. The van der Waals surface area contributed by atoms with Crippen LogP contribution in [0, 0.1) is 0 Å². The van der Waals surface area contributed by atoms with E-state index in [1.807, 2.05) is 0 Å². The third-order valence-corrected chi connectivity index (χ3v) is 5.93. The van der Waals surface area contributed by atoms with Gasteiger partial charge in [0.05, 0.1) is 27.7 Å². The fraction of sp³-hybridized carbons (Fsp3) is 1.00. The Balaban J connectivity index is 5.16. The van der Waals surface area contributed by atoms with Crippen molar-refractivity contribution in [2.45, 2.75) is 11.5 Å². The minimum Gasteiger partial charge on any atom is -0.367 e. The van der Waals surface area contributed by atoms with Crippen molar-refractivity contribution in [3.8, 4) is 0 Å². The molecule has 0 aliphatic heterocycles. The molecule has 8 nitrogen and oxygen atoms in total. The predicted molar refractivity (Wildman–Crippen MR) is 56.6 cm³/mol. The second-order valence-electron chi connectivity index (χ2n) is 4.63. The number of quaternary nitrogens is 1. The third kappa shape index (κ3) is 3.91. The lowest BCUT2D eigenvalue weighted by Gasteiger charge is -2.32. The van der Waals surface area contributed by atoms with Crippen LogP contribution in [0.15, 0.2) is 0 Å². The molecule has 5 N–H and O–H groups in total. The molecule has 0 aliphatic rings. The molecule has 0 heterocycles. The summed E-state index contributed by atoms with van der Waals surface area (Å²) in [6.07, 6.45) is -0.689. The van der Waals surface area contributed by atoms with Gasteiger partial charge in [0.2, 0.25) is 0 Å². The molecule has 98 valence electrons. The van der Waals surface area contributed by atoms with Gasteiger partial charge in [0.15, 0.2) is 0 Å². The number of hydrogen-bond donors (Lipinski definition) is 5. The Kier molecular flexibility index (Phi) is 4.54. The zero-order valence-corrected chi connectivity index (χ0v) is 11.1. The summed E-state index contributed by atoms with van der Waals surface area (Å²) in [5.74, 6) is 0. The maximum absolute atomic E-state index is 11.0. The average Bonchev–Trinajstić information content (AvgIpc) is 1.93. The molecule has 0 bridgehead atoms. The molecule has 0 saturated carbocycles. The summed E-state index contributed by atoms with van der Waals surface area (Å²) in [5.41, 5.74) is 0. The molecule has 0 aromatic rings. The van der Waals surface area contributed by atoms with Crippen LogP contribution in [-0.2, 0) is 9.13 Å². The Bertz CT molecular complexity index is 315. The maximum atomic E-state index is 11.0. The van der Waals surface area contributed by atoms with Gasteiger partial charge >= 0.3 is 15.2 Å². The van der Waals surface area contributed by atoms with Gasteiger partial charge in [-0.05, 0) is 0 Å². The highest BCUT2D eigenvalue weighted by molar-refractivity contribution is 7.72. The van der Waals surface area contributed by atoms with E-state index in [4.69, 9.17) is 19.6 Å². The molecule has 0 spiro atoms. The third-order valence-electron chi connectivity index (χ3n) is 2.05. The molecule has 0 aromatic carbocycles. The van der Waals surface area contributed by atoms with Crippen molar-refractivity contribution in [1.29, 1.82) is 0 Å². The first-order valence-corrected chi connectivity index (χ1v) is 7.57. The lowest BCUT2D eigenvalue weighted by Crippen LogP contribution is -2.41. The normalized spacial score (nSPS) is 15.2. The first-order valence-electron chi connectivity index (χ1n) is 4.35. The Morgan fingerprint density at radius 2 is 1.31 bits per heavy atom. The van der Waals surface area contributed by atoms with Gasteiger partial charge in [0.1, 0.15) is 0 Å². The second-order valence-corrected chi connectivity index (χ2v) is 8.63. The number of rotatable bonds is 5. The van der Waals surface area contributed by atoms with E-state index in [1.165, 1.54) is 0 Å². The van der Waals surface area contributed by atoms with E-state index in [-0.39, 0.29) is 11.0 Å². The summed E-state index contributed by atoms with van der Waals surface area (Å²) in [7, 11) is -5.63. The summed E-state index contributed by atoms with van der Waals surface area (Å²) >= 11 is 0. The van der Waals surface area contributed by atoms with Crippen LogP contribution in [0.1, 0.15) is 6.42 Å². The first-order chi connectivity index (χ1) is 6.71. The summed E-state index contributed by atoms with van der Waals surface area (Å²) in [6, 6.07) is 0. The fourth-order valence-electron chi connectivity index (χ4n) is 0.946. The zero-order chi connectivity index (χ0) is 13.4. The van der Waals surface area contributed by atoms with E-state index in [9.17, 15) is 14.2 Å². The standard InChI is InChI=1S/C6H17NO7P2/c1-7(2,3)5-4-6(8,15(9,10)11)16(12,13)14/h8H,4-5H2,1-3H3,(H3-,9,10,11,12,13,14)/p+1. The van der Waals surface area contributed by atoms with Crippen molar-refractivity contribution < 1.29 is 38.3 Å². The van der Waals surface area contributed by atoms with Gasteiger partial charge in [-0.3, -0.25) is 9.13 Å². The van der Waals surface area contributed by atoms with Crippen LogP contribution in [-0.4, -0.2) is 61.9 Å². The maximum Gasteiger partial charge on any atom is 0.369 e. The SMILES string of the molecule is C[N+](C)(C)CCC(O)(P(=O)(O)O)P(=O)(O)O. The van der Waals surface area contributed by atoms with Gasteiger partial charge < -0.3 is 29.2 Å². The highest BCUT2D eigenvalue weighted by atomic mass is 31.2. The molecule has 16 heavy (non-hydrogen) atoms. The quantitative estimate of drug-likeness (QED) is 0.324. The van der Waals surface area contributed by atoms with Crippen molar-refractivity contribution in [2.24, 2.45) is 0 Å². The van der Waals surface area contributed by atoms with E-state index in [1.54, 1.807) is 21.1 Å². The molecule has 0 aliphatic carbocycles. The summed E-state index contributed by atoms with van der Waals surface area (Å²) in [6.45, 7) is 0.00667. The highest BCUT2D eigenvalue weighted by Crippen LogP contribution is 2.68. The topological polar surface area (TPSA) is 135 Å². The lowest BCUT2D eigenvalue weighted by atomic mass is 10.4. The highest BCUT2D eigenvalue weighted by Gasteiger charge is 2.59. The predicted octanol–water partition coefficient (Wildman–Crippen LogP) is -0.916. The van der Waals surface area contributed by atoms with Gasteiger partial charge in [-0.2, -0.15) is 0 Å². The van der Waals surface area contributed by atoms with Crippen molar-refractivity contribution in [3.05, 3.63) is 0 Å². The summed E-state index contributed by atoms with van der Waals surface area (Å²) in [4.78, 5) is 35.3. The Hall–Kier alpha value is 0.220. The van der Waals surface area contributed by atoms with Crippen molar-refractivity contribution in [2.75, 3.05) is 27.7 Å². The minimum atomic E-state index is -5.31. The molecule has 0 radical (unpaired) electrons. The van der Waals surface area contributed by atoms with E-state index in [0.29, 0.717) is 0 Å². The molecule has 0 atom stereocenters. The summed E-state index contributed by atoms with van der Waals surface area (Å²) in [5, 5.41) is 6.21. The molecular weight excluding hydrogens is 260 g/mol. The van der Waals surface area contributed by atoms with Crippen LogP contribution < -0.4 is 0 Å². The molecule has 0 aromatic heterocycles. The van der Waals surface area contributed by atoms with Gasteiger partial charge in [-0.25, -0.2) is 0 Å². The van der Waals surface area contributed by atoms with E-state index < -0.39 is 26.7 Å². The van der Waals surface area contributed by atoms with Crippen LogP contribution in [0.5, 0.6) is 0 Å². The molecule has 0 rings (SSSR count). The monoisotopic (exact) mass is 278 g/mol. The fourth-order valence-corrected chi connectivity index (χ4v) is 3.09. The molecule has 10 heteroatoms. The molecule has 0 saturated heterocycles. The Labute approximate surface area is 93.4 Å². The van der Waals surface area contributed by atoms with Crippen LogP contribution >= 0.6 is 15.2 Å². The van der Waals surface area contributed by atoms with E-state index in [0.717, 1.165) is 0 Å². The molecule has 0 fully saturated rings. The van der Waals surface area contributed by atoms with Crippen molar-refractivity contribution in [3.63, 3.8) is 0 Å². The minimum absolute atomic E-state index is 0.00667. The Morgan fingerprint density at radius 1 is 1.00 bits per heavy atom. The van der Waals surface area contributed by atoms with Crippen molar-refractivity contribution >= 4 is 15.2 Å². The van der Waals surface area contributed by atoms with Gasteiger partial charge in [-0.15, -0.1) is 0 Å². The van der Waals surface area contributed by atoms with Gasteiger partial charge in [0, 0.05) is 6.42 Å². The largest absolute Gasteiger partial charge is 0.369 e. The lowest BCUT2D eigenvalue weighted by molar-refractivity contribution is -0.870. The van der Waals surface area contributed by atoms with E-state index in [2.05, 4.69) is 0 Å². The van der Waals surface area contributed by atoms with Crippen LogP contribution in [0.25, 0.3) is 0 Å². The molecule has 0 amide bonds. The Morgan fingerprint density at radius 3 is 1.50 bits per heavy atom. The number of nitrogens with zero attached hydrogens (tertiary/aromatic N) is 1. The van der Waals surface area contributed by atoms with Crippen LogP contribution in [0.3, 0.4) is 0 Å². The van der Waals surface area contributed by atoms with Gasteiger partial charge in [-0.1, -0.05) is 0 Å². The zero-order valence-electron chi connectivity index (χ0n) is 9.31. The van der Waals surface area contributed by atoms with Gasteiger partial charge in [0.25, 0.3) is 5.08 Å². The number of hydrogen-bond acceptors (Lipinski definition) is 3. The second kappa shape index (κ2) is 4.48. The average molecular weight is 278 g/mol. The molecular formula is C6H18NO7P2+. The molecule has 0 unspecified atom stereocenters. The number of aliphatic hydroxyl groups is 1. The van der Waals surface area contributed by atoms with E-state index >= 15 is 0 Å². The van der Waals surface area contributed by atoms with Crippen LogP contribution in [0.2, 0.25) is 0 Å².